The molecular formula is C20H26ClNO. The zero-order valence-corrected chi connectivity index (χ0v) is 14.8. The van der Waals surface area contributed by atoms with Gasteiger partial charge in [0.15, 0.2) is 0 Å². The fourth-order valence-corrected chi connectivity index (χ4v) is 2.93. The summed E-state index contributed by atoms with van der Waals surface area (Å²) in [5.41, 5.74) is 9.67. The van der Waals surface area contributed by atoms with E-state index in [0.29, 0.717) is 11.4 Å². The first-order chi connectivity index (χ1) is 10.7. The monoisotopic (exact) mass is 331 g/mol. The molecule has 0 spiro atoms. The molecule has 0 saturated heterocycles. The first-order valence-electron chi connectivity index (χ1n) is 8.01. The fourth-order valence-electron chi connectivity index (χ4n) is 2.73. The summed E-state index contributed by atoms with van der Waals surface area (Å²) in [7, 11) is 0. The molecule has 2 aromatic carbocycles. The lowest BCUT2D eigenvalue weighted by atomic mass is 9.87. The zero-order chi connectivity index (χ0) is 17.0. The highest BCUT2D eigenvalue weighted by Gasteiger charge is 2.18. The van der Waals surface area contributed by atoms with E-state index in [4.69, 9.17) is 17.3 Å². The maximum atomic E-state index is 10.4. The van der Waals surface area contributed by atoms with Gasteiger partial charge in [-0.15, -0.1) is 0 Å². The standard InChI is InChI=1S/C20H26ClNO/c1-20(2,3)13-15-9-7-14(8-10-15)11-18(22)19(23)16-5-4-6-17(21)12-16/h4-10,12,18-19,23H,11,13,22H2,1-3H3. The number of benzene rings is 2. The molecule has 3 heteroatoms. The molecule has 2 nitrogen and oxygen atoms in total. The molecule has 23 heavy (non-hydrogen) atoms. The molecule has 0 radical (unpaired) electrons. The van der Waals surface area contributed by atoms with Crippen LogP contribution in [-0.4, -0.2) is 11.1 Å². The van der Waals surface area contributed by atoms with Gasteiger partial charge in [0.1, 0.15) is 0 Å². The van der Waals surface area contributed by atoms with Gasteiger partial charge < -0.3 is 10.8 Å². The van der Waals surface area contributed by atoms with Crippen molar-refractivity contribution in [2.75, 3.05) is 0 Å². The van der Waals surface area contributed by atoms with Crippen LogP contribution in [0.25, 0.3) is 0 Å². The van der Waals surface area contributed by atoms with Crippen LogP contribution in [0.15, 0.2) is 48.5 Å². The van der Waals surface area contributed by atoms with E-state index in [2.05, 4.69) is 45.0 Å². The maximum Gasteiger partial charge on any atom is 0.0944 e. The van der Waals surface area contributed by atoms with Crippen molar-refractivity contribution in [3.8, 4) is 0 Å². The minimum atomic E-state index is -0.719. The van der Waals surface area contributed by atoms with Crippen LogP contribution in [0.2, 0.25) is 5.02 Å². The Bertz CT molecular complexity index is 631. The van der Waals surface area contributed by atoms with E-state index < -0.39 is 6.10 Å². The normalized spacial score (nSPS) is 14.5. The van der Waals surface area contributed by atoms with Crippen molar-refractivity contribution < 1.29 is 5.11 Å². The summed E-state index contributed by atoms with van der Waals surface area (Å²) in [6.45, 7) is 6.70. The minimum Gasteiger partial charge on any atom is -0.387 e. The van der Waals surface area contributed by atoms with Crippen LogP contribution >= 0.6 is 11.6 Å². The average molecular weight is 332 g/mol. The second kappa shape index (κ2) is 7.48. The number of halogens is 1. The second-order valence-corrected chi connectivity index (χ2v) is 7.86. The Balaban J connectivity index is 2.01. The van der Waals surface area contributed by atoms with Crippen LogP contribution in [0.4, 0.5) is 0 Å². The van der Waals surface area contributed by atoms with E-state index >= 15 is 0 Å². The van der Waals surface area contributed by atoms with Gasteiger partial charge in [-0.05, 0) is 47.1 Å². The van der Waals surface area contributed by atoms with Crippen molar-refractivity contribution in [2.45, 2.75) is 45.8 Å². The minimum absolute atomic E-state index is 0.278. The molecule has 0 amide bonds. The van der Waals surface area contributed by atoms with Crippen molar-refractivity contribution in [1.82, 2.24) is 0 Å². The Hall–Kier alpha value is -1.35. The molecular weight excluding hydrogens is 306 g/mol. The molecule has 0 bridgehead atoms. The maximum absolute atomic E-state index is 10.4. The molecule has 2 aromatic rings. The summed E-state index contributed by atoms with van der Waals surface area (Å²) in [6.07, 6.45) is 0.955. The Morgan fingerprint density at radius 2 is 1.65 bits per heavy atom. The number of hydrogen-bond donors (Lipinski definition) is 2. The lowest BCUT2D eigenvalue weighted by Gasteiger charge is -2.20. The van der Waals surface area contributed by atoms with Crippen LogP contribution in [0.1, 0.15) is 43.6 Å². The molecule has 3 N–H and O–H groups in total. The lowest BCUT2D eigenvalue weighted by Crippen LogP contribution is -2.30. The Kier molecular flexibility index (Phi) is 5.85. The van der Waals surface area contributed by atoms with E-state index in [1.54, 1.807) is 12.1 Å². The van der Waals surface area contributed by atoms with Crippen LogP contribution in [0, 0.1) is 5.41 Å². The molecule has 0 heterocycles. The first-order valence-corrected chi connectivity index (χ1v) is 8.39. The topological polar surface area (TPSA) is 46.2 Å². The lowest BCUT2D eigenvalue weighted by molar-refractivity contribution is 0.146. The summed E-state index contributed by atoms with van der Waals surface area (Å²) in [5, 5.41) is 11.0. The molecule has 2 atom stereocenters. The van der Waals surface area contributed by atoms with E-state index in [-0.39, 0.29) is 11.5 Å². The van der Waals surface area contributed by atoms with Gasteiger partial charge in [-0.1, -0.05) is 68.8 Å². The Morgan fingerprint density at radius 1 is 1.04 bits per heavy atom. The molecule has 0 aliphatic heterocycles. The van der Waals surface area contributed by atoms with Crippen molar-refractivity contribution in [3.05, 3.63) is 70.2 Å². The van der Waals surface area contributed by atoms with Crippen molar-refractivity contribution in [1.29, 1.82) is 0 Å². The molecule has 0 saturated carbocycles. The third-order valence-corrected chi connectivity index (χ3v) is 4.06. The second-order valence-electron chi connectivity index (χ2n) is 7.42. The number of aliphatic hydroxyl groups is 1. The van der Waals surface area contributed by atoms with Crippen molar-refractivity contribution >= 4 is 11.6 Å². The predicted molar refractivity (Wildman–Crippen MR) is 97.7 cm³/mol. The van der Waals surface area contributed by atoms with Gasteiger partial charge >= 0.3 is 0 Å². The highest BCUT2D eigenvalue weighted by molar-refractivity contribution is 6.30. The smallest absolute Gasteiger partial charge is 0.0944 e. The largest absolute Gasteiger partial charge is 0.387 e. The average Bonchev–Trinajstić information content (AvgIpc) is 2.47. The van der Waals surface area contributed by atoms with Gasteiger partial charge in [0.25, 0.3) is 0 Å². The molecule has 0 aliphatic carbocycles. The fraction of sp³-hybridized carbons (Fsp3) is 0.400. The molecule has 0 aromatic heterocycles. The summed E-state index contributed by atoms with van der Waals surface area (Å²) >= 11 is 5.97. The SMILES string of the molecule is CC(C)(C)Cc1ccc(CC(N)C(O)c2cccc(Cl)c2)cc1. The van der Waals surface area contributed by atoms with Crippen LogP contribution in [0.5, 0.6) is 0 Å². The van der Waals surface area contributed by atoms with Crippen LogP contribution in [0.3, 0.4) is 0 Å². The number of hydrogen-bond acceptors (Lipinski definition) is 2. The summed E-state index contributed by atoms with van der Waals surface area (Å²) in [5.74, 6) is 0. The van der Waals surface area contributed by atoms with E-state index in [9.17, 15) is 5.11 Å². The number of nitrogens with two attached hydrogens (primary N) is 1. The quantitative estimate of drug-likeness (QED) is 0.845. The summed E-state index contributed by atoms with van der Waals surface area (Å²) in [4.78, 5) is 0. The van der Waals surface area contributed by atoms with E-state index in [1.807, 2.05) is 12.1 Å². The van der Waals surface area contributed by atoms with Gasteiger partial charge in [0.05, 0.1) is 6.10 Å². The van der Waals surface area contributed by atoms with Crippen LogP contribution in [-0.2, 0) is 12.8 Å². The molecule has 0 fully saturated rings. The number of aliphatic hydroxyl groups excluding tert-OH is 1. The first kappa shape index (κ1) is 18.0. The predicted octanol–water partition coefficient (Wildman–Crippen LogP) is 4.53. The van der Waals surface area contributed by atoms with Gasteiger partial charge in [-0.3, -0.25) is 0 Å². The third-order valence-electron chi connectivity index (χ3n) is 3.82. The zero-order valence-electron chi connectivity index (χ0n) is 14.1. The van der Waals surface area contributed by atoms with Gasteiger partial charge in [0, 0.05) is 11.1 Å². The number of rotatable bonds is 5. The van der Waals surface area contributed by atoms with E-state index in [0.717, 1.165) is 17.5 Å². The Labute approximate surface area is 144 Å². The summed E-state index contributed by atoms with van der Waals surface area (Å²) in [6, 6.07) is 15.4. The Morgan fingerprint density at radius 3 is 2.22 bits per heavy atom. The van der Waals surface area contributed by atoms with E-state index in [1.165, 1.54) is 5.56 Å². The highest BCUT2D eigenvalue weighted by Crippen LogP contribution is 2.23. The molecule has 0 aliphatic rings. The molecule has 2 unspecified atom stereocenters. The molecule has 124 valence electrons. The highest BCUT2D eigenvalue weighted by atomic mass is 35.5. The van der Waals surface area contributed by atoms with Crippen molar-refractivity contribution in [3.63, 3.8) is 0 Å². The van der Waals surface area contributed by atoms with Crippen molar-refractivity contribution in [2.24, 2.45) is 11.1 Å². The van der Waals surface area contributed by atoms with Gasteiger partial charge in [-0.25, -0.2) is 0 Å². The molecule has 2 rings (SSSR count). The van der Waals surface area contributed by atoms with Gasteiger partial charge in [-0.2, -0.15) is 0 Å². The van der Waals surface area contributed by atoms with Gasteiger partial charge in [0.2, 0.25) is 0 Å². The summed E-state index contributed by atoms with van der Waals surface area (Å²) < 4.78 is 0. The third kappa shape index (κ3) is 5.65. The van der Waals surface area contributed by atoms with Crippen LogP contribution < -0.4 is 5.73 Å².